The summed E-state index contributed by atoms with van der Waals surface area (Å²) in [6.07, 6.45) is 0.797. The molecule has 1 N–H and O–H groups in total. The van der Waals surface area contributed by atoms with Crippen LogP contribution in [0.1, 0.15) is 38.8 Å². The monoisotopic (exact) mass is 269 g/mol. The smallest absolute Gasteiger partial charge is 0.252 e. The van der Waals surface area contributed by atoms with Gasteiger partial charge in [-0.05, 0) is 38.0 Å². The summed E-state index contributed by atoms with van der Waals surface area (Å²) < 4.78 is 5.17. The van der Waals surface area contributed by atoms with Gasteiger partial charge in [0.05, 0.1) is 6.04 Å². The molecule has 0 aliphatic rings. The standard InChI is InChI=1S/C14H20ClNO2/c1-5-12(10-7-6-8-11(15)9-10)16-13(17)14(2,3)18-4/h6-9,12H,5H2,1-4H3,(H,16,17). The first kappa shape index (κ1) is 15.0. The summed E-state index contributed by atoms with van der Waals surface area (Å²) in [6, 6.07) is 7.48. The zero-order valence-corrected chi connectivity index (χ0v) is 12.0. The molecule has 3 nitrogen and oxygen atoms in total. The lowest BCUT2D eigenvalue weighted by Gasteiger charge is -2.26. The van der Waals surface area contributed by atoms with E-state index in [0.29, 0.717) is 5.02 Å². The number of benzene rings is 1. The van der Waals surface area contributed by atoms with Crippen LogP contribution in [-0.2, 0) is 9.53 Å². The van der Waals surface area contributed by atoms with Gasteiger partial charge in [0, 0.05) is 12.1 Å². The summed E-state index contributed by atoms with van der Waals surface area (Å²) in [6.45, 7) is 5.51. The third kappa shape index (κ3) is 3.72. The van der Waals surface area contributed by atoms with Gasteiger partial charge < -0.3 is 10.1 Å². The Morgan fingerprint density at radius 1 is 1.50 bits per heavy atom. The van der Waals surface area contributed by atoms with E-state index >= 15 is 0 Å². The predicted octanol–water partition coefficient (Wildman–Crippen LogP) is 3.33. The number of amides is 1. The van der Waals surface area contributed by atoms with Crippen molar-refractivity contribution in [1.82, 2.24) is 5.32 Å². The molecule has 0 radical (unpaired) electrons. The summed E-state index contributed by atoms with van der Waals surface area (Å²) >= 11 is 5.96. The Morgan fingerprint density at radius 2 is 2.17 bits per heavy atom. The molecule has 0 aromatic heterocycles. The number of rotatable bonds is 5. The average molecular weight is 270 g/mol. The van der Waals surface area contributed by atoms with Crippen molar-refractivity contribution in [3.63, 3.8) is 0 Å². The summed E-state index contributed by atoms with van der Waals surface area (Å²) in [5, 5.41) is 3.65. The molecule has 1 rings (SSSR count). The molecule has 0 heterocycles. The highest BCUT2D eigenvalue weighted by atomic mass is 35.5. The number of hydrogen-bond donors (Lipinski definition) is 1. The van der Waals surface area contributed by atoms with Gasteiger partial charge in [0.15, 0.2) is 0 Å². The molecule has 1 unspecified atom stereocenters. The van der Waals surface area contributed by atoms with E-state index in [-0.39, 0.29) is 11.9 Å². The topological polar surface area (TPSA) is 38.3 Å². The van der Waals surface area contributed by atoms with Gasteiger partial charge in [-0.25, -0.2) is 0 Å². The Hall–Kier alpha value is -1.06. The average Bonchev–Trinajstić information content (AvgIpc) is 2.35. The fourth-order valence-corrected chi connectivity index (χ4v) is 1.77. The summed E-state index contributed by atoms with van der Waals surface area (Å²) in [7, 11) is 1.53. The first-order valence-electron chi connectivity index (χ1n) is 6.02. The summed E-state index contributed by atoms with van der Waals surface area (Å²) in [4.78, 5) is 12.1. The van der Waals surface area contributed by atoms with Crippen molar-refractivity contribution in [3.8, 4) is 0 Å². The lowest BCUT2D eigenvalue weighted by Crippen LogP contribution is -2.44. The maximum Gasteiger partial charge on any atom is 0.252 e. The van der Waals surface area contributed by atoms with Crippen LogP contribution >= 0.6 is 11.6 Å². The molecular weight excluding hydrogens is 250 g/mol. The molecule has 0 saturated carbocycles. The molecule has 100 valence electrons. The molecule has 0 spiro atoms. The molecule has 0 bridgehead atoms. The number of ether oxygens (including phenoxy) is 1. The van der Waals surface area contributed by atoms with Crippen LogP contribution in [0.25, 0.3) is 0 Å². The zero-order valence-electron chi connectivity index (χ0n) is 11.3. The van der Waals surface area contributed by atoms with Crippen LogP contribution in [0.5, 0.6) is 0 Å². The maximum atomic E-state index is 12.1. The lowest BCUT2D eigenvalue weighted by atomic mass is 10.0. The fraction of sp³-hybridized carbons (Fsp3) is 0.500. The maximum absolute atomic E-state index is 12.1. The van der Waals surface area contributed by atoms with Gasteiger partial charge in [-0.1, -0.05) is 30.7 Å². The summed E-state index contributed by atoms with van der Waals surface area (Å²) in [5.41, 5.74) is 0.177. The second-order valence-corrected chi connectivity index (χ2v) is 5.14. The van der Waals surface area contributed by atoms with Crippen LogP contribution in [-0.4, -0.2) is 18.6 Å². The molecule has 4 heteroatoms. The SMILES string of the molecule is CCC(NC(=O)C(C)(C)OC)c1cccc(Cl)c1. The Bertz CT molecular complexity index is 418. The van der Waals surface area contributed by atoms with Gasteiger partial charge >= 0.3 is 0 Å². The molecule has 1 aromatic rings. The minimum atomic E-state index is -0.827. The number of carbonyl (C=O) groups excluding carboxylic acids is 1. The Kier molecular flexibility index (Phi) is 5.17. The Morgan fingerprint density at radius 3 is 2.67 bits per heavy atom. The van der Waals surface area contributed by atoms with Crippen LogP contribution in [0.15, 0.2) is 24.3 Å². The molecule has 1 amide bonds. The molecule has 0 fully saturated rings. The fourth-order valence-electron chi connectivity index (χ4n) is 1.57. The van der Waals surface area contributed by atoms with E-state index in [1.807, 2.05) is 31.2 Å². The van der Waals surface area contributed by atoms with Crippen LogP contribution < -0.4 is 5.32 Å². The van der Waals surface area contributed by atoms with Crippen molar-refractivity contribution in [2.75, 3.05) is 7.11 Å². The van der Waals surface area contributed by atoms with E-state index in [1.54, 1.807) is 13.8 Å². The van der Waals surface area contributed by atoms with Crippen molar-refractivity contribution in [2.45, 2.75) is 38.8 Å². The van der Waals surface area contributed by atoms with E-state index < -0.39 is 5.60 Å². The van der Waals surface area contributed by atoms with Crippen LogP contribution in [0.4, 0.5) is 0 Å². The molecule has 0 aliphatic heterocycles. The largest absolute Gasteiger partial charge is 0.369 e. The summed E-state index contributed by atoms with van der Waals surface area (Å²) in [5.74, 6) is -0.128. The number of nitrogens with one attached hydrogen (secondary N) is 1. The normalized spacial score (nSPS) is 13.2. The van der Waals surface area contributed by atoms with Gasteiger partial charge in [-0.2, -0.15) is 0 Å². The second-order valence-electron chi connectivity index (χ2n) is 4.70. The van der Waals surface area contributed by atoms with Crippen molar-refractivity contribution in [2.24, 2.45) is 0 Å². The van der Waals surface area contributed by atoms with Crippen molar-refractivity contribution in [1.29, 1.82) is 0 Å². The van der Waals surface area contributed by atoms with Gasteiger partial charge in [0.2, 0.25) is 0 Å². The van der Waals surface area contributed by atoms with Crippen LogP contribution in [0.3, 0.4) is 0 Å². The van der Waals surface area contributed by atoms with Gasteiger partial charge in [0.25, 0.3) is 5.91 Å². The first-order valence-corrected chi connectivity index (χ1v) is 6.40. The van der Waals surface area contributed by atoms with E-state index in [0.717, 1.165) is 12.0 Å². The van der Waals surface area contributed by atoms with Gasteiger partial charge in [-0.15, -0.1) is 0 Å². The lowest BCUT2D eigenvalue weighted by molar-refractivity contribution is -0.140. The minimum absolute atomic E-state index is 0.0503. The quantitative estimate of drug-likeness (QED) is 0.890. The van der Waals surface area contributed by atoms with E-state index in [1.165, 1.54) is 7.11 Å². The Labute approximate surface area is 113 Å². The van der Waals surface area contributed by atoms with Crippen molar-refractivity contribution in [3.05, 3.63) is 34.9 Å². The van der Waals surface area contributed by atoms with Gasteiger partial charge in [-0.3, -0.25) is 4.79 Å². The Balaban J connectivity index is 2.83. The third-order valence-electron chi connectivity index (χ3n) is 3.02. The first-order chi connectivity index (χ1) is 8.40. The van der Waals surface area contributed by atoms with E-state index in [9.17, 15) is 4.79 Å². The van der Waals surface area contributed by atoms with Crippen molar-refractivity contribution >= 4 is 17.5 Å². The van der Waals surface area contributed by atoms with Crippen LogP contribution in [0.2, 0.25) is 5.02 Å². The zero-order chi connectivity index (χ0) is 13.8. The third-order valence-corrected chi connectivity index (χ3v) is 3.26. The van der Waals surface area contributed by atoms with E-state index in [2.05, 4.69) is 5.32 Å². The number of hydrogen-bond acceptors (Lipinski definition) is 2. The van der Waals surface area contributed by atoms with Crippen LogP contribution in [0, 0.1) is 0 Å². The number of methoxy groups -OCH3 is 1. The number of carbonyl (C=O) groups is 1. The molecule has 0 saturated heterocycles. The van der Waals surface area contributed by atoms with Gasteiger partial charge in [0.1, 0.15) is 5.60 Å². The molecule has 18 heavy (non-hydrogen) atoms. The van der Waals surface area contributed by atoms with E-state index in [4.69, 9.17) is 16.3 Å². The molecular formula is C14H20ClNO2. The van der Waals surface area contributed by atoms with Crippen molar-refractivity contribution < 1.29 is 9.53 Å². The highest BCUT2D eigenvalue weighted by Gasteiger charge is 2.28. The molecule has 0 aliphatic carbocycles. The second kappa shape index (κ2) is 6.21. The highest BCUT2D eigenvalue weighted by Crippen LogP contribution is 2.21. The molecule has 1 atom stereocenters. The molecule has 1 aromatic carbocycles. The predicted molar refractivity (Wildman–Crippen MR) is 73.7 cm³/mol. The highest BCUT2D eigenvalue weighted by molar-refractivity contribution is 6.30. The number of halogens is 1. The minimum Gasteiger partial charge on any atom is -0.369 e.